The molecule has 4 aromatic rings. The number of hydrogen-bond donors (Lipinski definition) is 1. The third-order valence-corrected chi connectivity index (χ3v) is 6.83. The number of carbonyl (C=O) groups excluding carboxylic acids is 2. The normalized spacial score (nSPS) is 13.7. The van der Waals surface area contributed by atoms with Crippen molar-refractivity contribution in [2.24, 2.45) is 0 Å². The Morgan fingerprint density at radius 2 is 1.94 bits per heavy atom. The van der Waals surface area contributed by atoms with Crippen molar-refractivity contribution in [2.75, 3.05) is 16.8 Å². The van der Waals surface area contributed by atoms with Gasteiger partial charge in [0.05, 0.1) is 16.4 Å². The predicted molar refractivity (Wildman–Crippen MR) is 135 cm³/mol. The van der Waals surface area contributed by atoms with Crippen LogP contribution in [0.4, 0.5) is 15.8 Å². The average Bonchev–Trinajstić information content (AvgIpc) is 3.35. The smallest absolute Gasteiger partial charge is 0.265 e. The predicted octanol–water partition coefficient (Wildman–Crippen LogP) is 6.02. The van der Waals surface area contributed by atoms with E-state index in [0.29, 0.717) is 27.8 Å². The van der Waals surface area contributed by atoms with Crippen LogP contribution in [0.1, 0.15) is 6.92 Å². The lowest BCUT2D eigenvalue weighted by Crippen LogP contribution is -2.49. The molecule has 1 atom stereocenters. The molecule has 2 amide bonds. The molecule has 0 radical (unpaired) electrons. The second kappa shape index (κ2) is 9.48. The maximum absolute atomic E-state index is 13.2. The summed E-state index contributed by atoms with van der Waals surface area (Å²) in [4.78, 5) is 31.9. The standard InChI is InChI=1S/C26H19ClFN3O3S/c1-15(25(33)29-18-9-7-17(28)8-10-18)31-22-12-16(6-11-23(22)34-13-24(31)32)21-14-35-26(30-21)19-4-2-3-5-20(19)27/h2-12,14-15H,13H2,1H3,(H,29,33). The summed E-state index contributed by atoms with van der Waals surface area (Å²) in [5.74, 6) is -0.652. The number of fused-ring (bicyclic) bond motifs is 1. The zero-order valence-corrected chi connectivity index (χ0v) is 20.1. The molecular formula is C26H19ClFN3O3S. The van der Waals surface area contributed by atoms with Gasteiger partial charge < -0.3 is 10.1 Å². The van der Waals surface area contributed by atoms with Crippen LogP contribution in [0.25, 0.3) is 21.8 Å². The van der Waals surface area contributed by atoms with E-state index in [2.05, 4.69) is 5.32 Å². The summed E-state index contributed by atoms with van der Waals surface area (Å²) in [6, 6.07) is 17.5. The lowest BCUT2D eigenvalue weighted by Gasteiger charge is -2.33. The zero-order valence-electron chi connectivity index (χ0n) is 18.5. The van der Waals surface area contributed by atoms with Crippen molar-refractivity contribution >= 4 is 46.1 Å². The van der Waals surface area contributed by atoms with Gasteiger partial charge in [0.2, 0.25) is 5.91 Å². The molecule has 1 aliphatic rings. The van der Waals surface area contributed by atoms with E-state index >= 15 is 0 Å². The maximum atomic E-state index is 13.2. The summed E-state index contributed by atoms with van der Waals surface area (Å²) in [5, 5.41) is 6.04. The van der Waals surface area contributed by atoms with Gasteiger partial charge in [0.15, 0.2) is 6.61 Å². The number of hydrogen-bond acceptors (Lipinski definition) is 5. The molecule has 6 nitrogen and oxygen atoms in total. The van der Waals surface area contributed by atoms with Crippen LogP contribution in [0.5, 0.6) is 5.75 Å². The first-order chi connectivity index (χ1) is 16.9. The van der Waals surface area contributed by atoms with E-state index in [1.807, 2.05) is 35.7 Å². The molecule has 0 saturated carbocycles. The van der Waals surface area contributed by atoms with Crippen LogP contribution in [-0.2, 0) is 9.59 Å². The minimum Gasteiger partial charge on any atom is -0.482 e. The monoisotopic (exact) mass is 507 g/mol. The molecule has 0 saturated heterocycles. The summed E-state index contributed by atoms with van der Waals surface area (Å²) in [6.45, 7) is 1.46. The average molecular weight is 508 g/mol. The fourth-order valence-corrected chi connectivity index (χ4v) is 4.97. The highest BCUT2D eigenvalue weighted by molar-refractivity contribution is 7.13. The Kier molecular flexibility index (Phi) is 6.23. The molecule has 0 bridgehead atoms. The number of thiazole rings is 1. The van der Waals surface area contributed by atoms with Crippen molar-refractivity contribution in [3.63, 3.8) is 0 Å². The van der Waals surface area contributed by atoms with Gasteiger partial charge in [-0.3, -0.25) is 14.5 Å². The summed E-state index contributed by atoms with van der Waals surface area (Å²) < 4.78 is 18.8. The topological polar surface area (TPSA) is 71.5 Å². The first-order valence-electron chi connectivity index (χ1n) is 10.8. The van der Waals surface area contributed by atoms with Crippen molar-refractivity contribution < 1.29 is 18.7 Å². The molecule has 1 N–H and O–H groups in total. The van der Waals surface area contributed by atoms with E-state index in [9.17, 15) is 14.0 Å². The number of ether oxygens (including phenoxy) is 1. The molecule has 0 spiro atoms. The summed E-state index contributed by atoms with van der Waals surface area (Å²) in [7, 11) is 0. The lowest BCUT2D eigenvalue weighted by atomic mass is 10.1. The minimum atomic E-state index is -0.834. The first kappa shape index (κ1) is 23.0. The molecule has 2 heterocycles. The summed E-state index contributed by atoms with van der Waals surface area (Å²) in [5.41, 5.74) is 3.25. The Bertz CT molecular complexity index is 1420. The van der Waals surface area contributed by atoms with E-state index in [4.69, 9.17) is 21.3 Å². The van der Waals surface area contributed by atoms with Crippen LogP contribution >= 0.6 is 22.9 Å². The Labute approximate surface area is 209 Å². The van der Waals surface area contributed by atoms with Gasteiger partial charge in [0.1, 0.15) is 22.6 Å². The SMILES string of the molecule is CC(C(=O)Nc1ccc(F)cc1)N1C(=O)COc2ccc(-c3csc(-c4ccccc4Cl)n3)cc21. The molecule has 1 unspecified atom stereocenters. The van der Waals surface area contributed by atoms with Gasteiger partial charge in [-0.2, -0.15) is 0 Å². The Morgan fingerprint density at radius 1 is 1.17 bits per heavy atom. The highest BCUT2D eigenvalue weighted by Gasteiger charge is 2.33. The number of benzene rings is 3. The van der Waals surface area contributed by atoms with Crippen molar-refractivity contribution in [1.29, 1.82) is 0 Å². The molecule has 35 heavy (non-hydrogen) atoms. The number of aromatic nitrogens is 1. The largest absolute Gasteiger partial charge is 0.482 e. The van der Waals surface area contributed by atoms with Crippen molar-refractivity contribution in [3.8, 4) is 27.6 Å². The third kappa shape index (κ3) is 4.62. The number of halogens is 2. The van der Waals surface area contributed by atoms with Crippen LogP contribution in [0.2, 0.25) is 5.02 Å². The summed E-state index contributed by atoms with van der Waals surface area (Å²) in [6.07, 6.45) is 0. The molecular weight excluding hydrogens is 489 g/mol. The van der Waals surface area contributed by atoms with E-state index < -0.39 is 17.8 Å². The number of amides is 2. The second-order valence-corrected chi connectivity index (χ2v) is 9.19. The van der Waals surface area contributed by atoms with Crippen LogP contribution in [0.15, 0.2) is 72.1 Å². The molecule has 9 heteroatoms. The van der Waals surface area contributed by atoms with Gasteiger partial charge in [-0.05, 0) is 55.5 Å². The molecule has 1 aliphatic heterocycles. The first-order valence-corrected chi connectivity index (χ1v) is 12.0. The number of rotatable bonds is 5. The van der Waals surface area contributed by atoms with Gasteiger partial charge in [0, 0.05) is 22.2 Å². The van der Waals surface area contributed by atoms with Crippen LogP contribution in [-0.4, -0.2) is 29.4 Å². The van der Waals surface area contributed by atoms with E-state index in [1.54, 1.807) is 19.1 Å². The van der Waals surface area contributed by atoms with Gasteiger partial charge >= 0.3 is 0 Å². The molecule has 1 aromatic heterocycles. The fourth-order valence-electron chi connectivity index (χ4n) is 3.82. The van der Waals surface area contributed by atoms with Crippen molar-refractivity contribution in [3.05, 3.63) is 82.9 Å². The molecule has 0 aliphatic carbocycles. The Balaban J connectivity index is 1.44. The van der Waals surface area contributed by atoms with Crippen molar-refractivity contribution in [1.82, 2.24) is 4.98 Å². The summed E-state index contributed by atoms with van der Waals surface area (Å²) >= 11 is 7.79. The van der Waals surface area contributed by atoms with Crippen LogP contribution in [0.3, 0.4) is 0 Å². The molecule has 3 aromatic carbocycles. The molecule has 5 rings (SSSR count). The fraction of sp³-hybridized carbons (Fsp3) is 0.115. The van der Waals surface area contributed by atoms with E-state index in [1.165, 1.54) is 40.5 Å². The number of nitrogens with one attached hydrogen (secondary N) is 1. The van der Waals surface area contributed by atoms with E-state index in [-0.39, 0.29) is 12.5 Å². The van der Waals surface area contributed by atoms with Gasteiger partial charge in [-0.15, -0.1) is 11.3 Å². The van der Waals surface area contributed by atoms with Gasteiger partial charge in [0.25, 0.3) is 5.91 Å². The third-order valence-electron chi connectivity index (χ3n) is 5.62. The number of anilines is 2. The van der Waals surface area contributed by atoms with Crippen LogP contribution < -0.4 is 15.0 Å². The lowest BCUT2D eigenvalue weighted by molar-refractivity contribution is -0.125. The zero-order chi connectivity index (χ0) is 24.5. The Hall–Kier alpha value is -3.75. The minimum absolute atomic E-state index is 0.173. The van der Waals surface area contributed by atoms with Gasteiger partial charge in [-0.25, -0.2) is 9.37 Å². The van der Waals surface area contributed by atoms with Crippen molar-refractivity contribution in [2.45, 2.75) is 13.0 Å². The maximum Gasteiger partial charge on any atom is 0.265 e. The molecule has 0 fully saturated rings. The Morgan fingerprint density at radius 3 is 2.71 bits per heavy atom. The number of nitrogens with zero attached hydrogens (tertiary/aromatic N) is 2. The highest BCUT2D eigenvalue weighted by atomic mass is 35.5. The van der Waals surface area contributed by atoms with Crippen LogP contribution in [0, 0.1) is 5.82 Å². The molecule has 176 valence electrons. The highest BCUT2D eigenvalue weighted by Crippen LogP contribution is 2.39. The van der Waals surface area contributed by atoms with E-state index in [0.717, 1.165) is 16.1 Å². The second-order valence-electron chi connectivity index (χ2n) is 7.92. The number of carbonyl (C=O) groups is 2. The van der Waals surface area contributed by atoms with Gasteiger partial charge in [-0.1, -0.05) is 29.8 Å². The quantitative estimate of drug-likeness (QED) is 0.358.